The molecular formula is C13H21N3O4. The molecule has 2 aliphatic rings. The van der Waals surface area contributed by atoms with Gasteiger partial charge in [-0.1, -0.05) is 0 Å². The molecule has 2 rings (SSSR count). The van der Waals surface area contributed by atoms with Crippen LogP contribution in [0, 0.1) is 11.8 Å². The van der Waals surface area contributed by atoms with E-state index in [0.29, 0.717) is 18.4 Å². The van der Waals surface area contributed by atoms with Crippen molar-refractivity contribution in [2.75, 3.05) is 13.2 Å². The minimum atomic E-state index is -0.803. The second-order valence-electron chi connectivity index (χ2n) is 5.53. The molecule has 0 aromatic heterocycles. The third-order valence-electron chi connectivity index (χ3n) is 4.01. The van der Waals surface area contributed by atoms with Crippen LogP contribution in [0.5, 0.6) is 0 Å². The summed E-state index contributed by atoms with van der Waals surface area (Å²) in [6.45, 7) is 1.07. The van der Waals surface area contributed by atoms with Crippen molar-refractivity contribution in [1.29, 1.82) is 0 Å². The summed E-state index contributed by atoms with van der Waals surface area (Å²) in [5.41, 5.74) is 5.63. The summed E-state index contributed by atoms with van der Waals surface area (Å²) in [5, 5.41) is 4.53. The lowest BCUT2D eigenvalue weighted by atomic mass is 9.82. The van der Waals surface area contributed by atoms with Gasteiger partial charge in [0.05, 0.1) is 13.0 Å². The number of alkyl carbamates (subject to hydrolysis) is 1. The molecule has 0 spiro atoms. The third-order valence-corrected chi connectivity index (χ3v) is 4.01. The van der Waals surface area contributed by atoms with E-state index in [1.54, 1.807) is 0 Å². The van der Waals surface area contributed by atoms with Crippen molar-refractivity contribution in [3.8, 4) is 0 Å². The van der Waals surface area contributed by atoms with Gasteiger partial charge >= 0.3 is 6.09 Å². The van der Waals surface area contributed by atoms with E-state index < -0.39 is 18.0 Å². The third kappa shape index (κ3) is 3.93. The molecule has 1 unspecified atom stereocenters. The molecule has 4 N–H and O–H groups in total. The molecule has 1 atom stereocenters. The summed E-state index contributed by atoms with van der Waals surface area (Å²) >= 11 is 0. The maximum Gasteiger partial charge on any atom is 0.407 e. The average molecular weight is 283 g/mol. The zero-order chi connectivity index (χ0) is 14.5. The van der Waals surface area contributed by atoms with Crippen LogP contribution >= 0.6 is 0 Å². The van der Waals surface area contributed by atoms with Crippen LogP contribution in [0.3, 0.4) is 0 Å². The maximum absolute atomic E-state index is 11.6. The number of carbonyl (C=O) groups excluding carboxylic acids is 3. The van der Waals surface area contributed by atoms with Crippen LogP contribution < -0.4 is 16.4 Å². The van der Waals surface area contributed by atoms with Gasteiger partial charge in [-0.3, -0.25) is 14.9 Å². The molecule has 7 nitrogen and oxygen atoms in total. The Labute approximate surface area is 117 Å². The lowest BCUT2D eigenvalue weighted by Crippen LogP contribution is -2.41. The Morgan fingerprint density at radius 2 is 1.90 bits per heavy atom. The minimum absolute atomic E-state index is 0.0183. The first-order valence-electron chi connectivity index (χ1n) is 7.05. The summed E-state index contributed by atoms with van der Waals surface area (Å²) in [5.74, 6) is 0.103. The second-order valence-corrected chi connectivity index (χ2v) is 5.53. The fourth-order valence-electron chi connectivity index (χ4n) is 2.68. The van der Waals surface area contributed by atoms with Gasteiger partial charge in [-0.25, -0.2) is 4.79 Å². The van der Waals surface area contributed by atoms with Gasteiger partial charge in [0.25, 0.3) is 0 Å². The van der Waals surface area contributed by atoms with E-state index in [1.165, 1.54) is 0 Å². The zero-order valence-corrected chi connectivity index (χ0v) is 11.4. The highest BCUT2D eigenvalue weighted by atomic mass is 16.5. The number of imide groups is 1. The molecule has 1 aliphatic heterocycles. The van der Waals surface area contributed by atoms with Gasteiger partial charge in [-0.05, 0) is 44.1 Å². The number of ether oxygens (including phenoxy) is 1. The number of nitrogens with two attached hydrogens (primary N) is 1. The van der Waals surface area contributed by atoms with Crippen LogP contribution in [0.1, 0.15) is 32.1 Å². The minimum Gasteiger partial charge on any atom is -0.449 e. The Morgan fingerprint density at radius 1 is 1.25 bits per heavy atom. The van der Waals surface area contributed by atoms with Crippen LogP contribution in [0.15, 0.2) is 0 Å². The van der Waals surface area contributed by atoms with Gasteiger partial charge in [-0.2, -0.15) is 0 Å². The molecule has 20 heavy (non-hydrogen) atoms. The Kier molecular flexibility index (Phi) is 4.94. The van der Waals surface area contributed by atoms with Crippen molar-refractivity contribution in [3.05, 3.63) is 0 Å². The Morgan fingerprint density at radius 3 is 2.45 bits per heavy atom. The van der Waals surface area contributed by atoms with Crippen molar-refractivity contribution in [2.45, 2.75) is 38.1 Å². The molecule has 112 valence electrons. The molecule has 0 bridgehead atoms. The normalized spacial score (nSPS) is 29.9. The predicted octanol–water partition coefficient (Wildman–Crippen LogP) is -0.107. The summed E-state index contributed by atoms with van der Waals surface area (Å²) in [7, 11) is 0. The van der Waals surface area contributed by atoms with Crippen molar-refractivity contribution in [2.24, 2.45) is 17.6 Å². The topological polar surface area (TPSA) is 111 Å². The van der Waals surface area contributed by atoms with Crippen molar-refractivity contribution in [1.82, 2.24) is 10.6 Å². The molecule has 0 aromatic carbocycles. The molecule has 0 radical (unpaired) electrons. The van der Waals surface area contributed by atoms with E-state index in [-0.39, 0.29) is 12.3 Å². The van der Waals surface area contributed by atoms with E-state index >= 15 is 0 Å². The van der Waals surface area contributed by atoms with Gasteiger partial charge in [0.2, 0.25) is 11.8 Å². The number of amides is 3. The standard InChI is InChI=1S/C13H21N3O4/c14-6-8-1-3-9(4-2-8)7-20-13(19)15-10-5-11(17)16-12(10)18/h8-10H,1-7,14H2,(H,15,19)(H,16,17,18). The monoisotopic (exact) mass is 283 g/mol. The highest BCUT2D eigenvalue weighted by molar-refractivity contribution is 6.06. The Bertz CT molecular complexity index is 391. The lowest BCUT2D eigenvalue weighted by molar-refractivity contribution is -0.125. The highest BCUT2D eigenvalue weighted by Crippen LogP contribution is 2.28. The average Bonchev–Trinajstić information content (AvgIpc) is 2.75. The molecule has 1 saturated carbocycles. The van der Waals surface area contributed by atoms with Crippen LogP contribution in [0.25, 0.3) is 0 Å². The quantitative estimate of drug-likeness (QED) is 0.624. The highest BCUT2D eigenvalue weighted by Gasteiger charge is 2.32. The first kappa shape index (κ1) is 14.8. The number of carbonyl (C=O) groups is 3. The number of nitrogens with one attached hydrogen (secondary N) is 2. The number of hydrogen-bond acceptors (Lipinski definition) is 5. The molecule has 0 aromatic rings. The van der Waals surface area contributed by atoms with Gasteiger partial charge in [0.15, 0.2) is 0 Å². The largest absolute Gasteiger partial charge is 0.449 e. The van der Waals surface area contributed by atoms with E-state index in [2.05, 4.69) is 10.6 Å². The van der Waals surface area contributed by atoms with E-state index in [1.807, 2.05) is 0 Å². The van der Waals surface area contributed by atoms with Gasteiger partial charge in [-0.15, -0.1) is 0 Å². The first-order chi connectivity index (χ1) is 9.58. The molecule has 1 heterocycles. The zero-order valence-electron chi connectivity index (χ0n) is 11.4. The van der Waals surface area contributed by atoms with Crippen LogP contribution in [-0.4, -0.2) is 37.1 Å². The van der Waals surface area contributed by atoms with Crippen LogP contribution in [-0.2, 0) is 14.3 Å². The Hall–Kier alpha value is -1.63. The number of hydrogen-bond donors (Lipinski definition) is 3. The SMILES string of the molecule is NCC1CCC(COC(=O)NC2CC(=O)NC2=O)CC1. The fraction of sp³-hybridized carbons (Fsp3) is 0.769. The molecular weight excluding hydrogens is 262 g/mol. The van der Waals surface area contributed by atoms with E-state index in [9.17, 15) is 14.4 Å². The maximum atomic E-state index is 11.6. The Balaban J connectivity index is 1.66. The summed E-state index contributed by atoms with van der Waals surface area (Å²) in [6.07, 6.45) is 3.52. The lowest BCUT2D eigenvalue weighted by Gasteiger charge is -2.27. The number of rotatable bonds is 4. The van der Waals surface area contributed by atoms with Crippen LogP contribution in [0.4, 0.5) is 4.79 Å². The molecule has 3 amide bonds. The second kappa shape index (κ2) is 6.69. The summed E-state index contributed by atoms with van der Waals surface area (Å²) in [6, 6.07) is -0.803. The van der Waals surface area contributed by atoms with Crippen LogP contribution in [0.2, 0.25) is 0 Å². The van der Waals surface area contributed by atoms with E-state index in [0.717, 1.165) is 32.2 Å². The first-order valence-corrected chi connectivity index (χ1v) is 7.05. The van der Waals surface area contributed by atoms with Gasteiger partial charge < -0.3 is 15.8 Å². The molecule has 2 fully saturated rings. The predicted molar refractivity (Wildman–Crippen MR) is 70.5 cm³/mol. The molecule has 1 aliphatic carbocycles. The summed E-state index contributed by atoms with van der Waals surface area (Å²) in [4.78, 5) is 33.8. The van der Waals surface area contributed by atoms with Crippen molar-refractivity contribution < 1.29 is 19.1 Å². The summed E-state index contributed by atoms with van der Waals surface area (Å²) < 4.78 is 5.12. The van der Waals surface area contributed by atoms with Gasteiger partial charge in [0.1, 0.15) is 6.04 Å². The van der Waals surface area contributed by atoms with Gasteiger partial charge in [0, 0.05) is 0 Å². The smallest absolute Gasteiger partial charge is 0.407 e. The van der Waals surface area contributed by atoms with Crippen molar-refractivity contribution >= 4 is 17.9 Å². The molecule has 7 heteroatoms. The fourth-order valence-corrected chi connectivity index (χ4v) is 2.68. The molecule has 1 saturated heterocycles. The van der Waals surface area contributed by atoms with E-state index in [4.69, 9.17) is 10.5 Å². The van der Waals surface area contributed by atoms with Crippen molar-refractivity contribution in [3.63, 3.8) is 0 Å².